The number of Topliss-reactive ketones (excluding diaryl/α,β-unsaturated/α-hetero) is 1. The highest BCUT2D eigenvalue weighted by atomic mass is 16.4. The van der Waals surface area contributed by atoms with Gasteiger partial charge in [-0.3, -0.25) is 9.79 Å². The third-order valence-corrected chi connectivity index (χ3v) is 3.62. The van der Waals surface area contributed by atoms with E-state index in [9.17, 15) is 4.79 Å². The Kier molecular flexibility index (Phi) is 3.86. The van der Waals surface area contributed by atoms with Crippen LogP contribution < -0.4 is 4.90 Å². The average molecular weight is 282 g/mol. The summed E-state index contributed by atoms with van der Waals surface area (Å²) in [7, 11) is 0. The van der Waals surface area contributed by atoms with E-state index < -0.39 is 0 Å². The van der Waals surface area contributed by atoms with Gasteiger partial charge < -0.3 is 9.32 Å². The summed E-state index contributed by atoms with van der Waals surface area (Å²) in [5.41, 5.74) is 1.42. The molecule has 2 heterocycles. The second-order valence-corrected chi connectivity index (χ2v) is 5.23. The number of furan rings is 1. The van der Waals surface area contributed by atoms with Gasteiger partial charge in [-0.1, -0.05) is 12.1 Å². The molecule has 1 aliphatic rings. The minimum absolute atomic E-state index is 0.0429. The predicted molar refractivity (Wildman–Crippen MR) is 83.9 cm³/mol. The minimum Gasteiger partial charge on any atom is -0.440 e. The highest BCUT2D eigenvalue weighted by Crippen LogP contribution is 2.22. The van der Waals surface area contributed by atoms with E-state index in [4.69, 9.17) is 4.42 Å². The summed E-state index contributed by atoms with van der Waals surface area (Å²) >= 11 is 0. The van der Waals surface area contributed by atoms with E-state index in [-0.39, 0.29) is 5.78 Å². The smallest absolute Gasteiger partial charge is 0.196 e. The third-order valence-electron chi connectivity index (χ3n) is 3.62. The van der Waals surface area contributed by atoms with Crippen molar-refractivity contribution in [1.82, 2.24) is 0 Å². The summed E-state index contributed by atoms with van der Waals surface area (Å²) in [6, 6.07) is 11.2. The fourth-order valence-corrected chi connectivity index (χ4v) is 2.46. The SMILES string of the molecule is CC(=O)c1cccc(N=Cc2ccc(N3CCCC3)o2)c1. The maximum Gasteiger partial charge on any atom is 0.196 e. The fraction of sp³-hybridized carbons (Fsp3) is 0.294. The Balaban J connectivity index is 1.73. The van der Waals surface area contributed by atoms with Gasteiger partial charge in [-0.05, 0) is 38.0 Å². The molecule has 0 N–H and O–H groups in total. The average Bonchev–Trinajstić information content (AvgIpc) is 3.16. The zero-order valence-corrected chi connectivity index (χ0v) is 12.1. The maximum atomic E-state index is 11.3. The highest BCUT2D eigenvalue weighted by molar-refractivity contribution is 5.95. The van der Waals surface area contributed by atoms with Crippen molar-refractivity contribution >= 4 is 23.6 Å². The van der Waals surface area contributed by atoms with Crippen molar-refractivity contribution in [3.8, 4) is 0 Å². The molecule has 4 nitrogen and oxygen atoms in total. The van der Waals surface area contributed by atoms with E-state index >= 15 is 0 Å². The molecule has 0 spiro atoms. The van der Waals surface area contributed by atoms with Gasteiger partial charge in [0, 0.05) is 24.7 Å². The van der Waals surface area contributed by atoms with E-state index in [0.717, 1.165) is 30.4 Å². The van der Waals surface area contributed by atoms with Gasteiger partial charge in [-0.25, -0.2) is 0 Å². The van der Waals surface area contributed by atoms with Crippen LogP contribution in [-0.2, 0) is 0 Å². The van der Waals surface area contributed by atoms with Gasteiger partial charge in [-0.15, -0.1) is 0 Å². The van der Waals surface area contributed by atoms with Crippen LogP contribution in [0.15, 0.2) is 45.8 Å². The maximum absolute atomic E-state index is 11.3. The van der Waals surface area contributed by atoms with Crippen molar-refractivity contribution in [2.45, 2.75) is 19.8 Å². The summed E-state index contributed by atoms with van der Waals surface area (Å²) in [5.74, 6) is 1.68. The molecule has 0 unspecified atom stereocenters. The predicted octanol–water partition coefficient (Wildman–Crippen LogP) is 3.83. The van der Waals surface area contributed by atoms with Crippen molar-refractivity contribution in [1.29, 1.82) is 0 Å². The van der Waals surface area contributed by atoms with Crippen molar-refractivity contribution in [3.05, 3.63) is 47.7 Å². The summed E-state index contributed by atoms with van der Waals surface area (Å²) in [6.45, 7) is 3.67. The van der Waals surface area contributed by atoms with Gasteiger partial charge in [0.1, 0.15) is 5.76 Å². The molecule has 4 heteroatoms. The Labute approximate surface area is 124 Å². The molecule has 0 atom stereocenters. The number of nitrogens with zero attached hydrogens (tertiary/aromatic N) is 2. The number of hydrogen-bond donors (Lipinski definition) is 0. The van der Waals surface area contributed by atoms with Gasteiger partial charge in [0.2, 0.25) is 0 Å². The number of ketones is 1. The molecule has 0 aliphatic carbocycles. The molecule has 0 saturated carbocycles. The monoisotopic (exact) mass is 282 g/mol. The number of benzene rings is 1. The summed E-state index contributed by atoms with van der Waals surface area (Å²) < 4.78 is 5.78. The number of carbonyl (C=O) groups is 1. The lowest BCUT2D eigenvalue weighted by Gasteiger charge is -2.12. The van der Waals surface area contributed by atoms with Crippen LogP contribution in [0.4, 0.5) is 11.6 Å². The van der Waals surface area contributed by atoms with Gasteiger partial charge in [0.25, 0.3) is 0 Å². The Morgan fingerprint density at radius 1 is 1.24 bits per heavy atom. The molecule has 1 aromatic heterocycles. The second kappa shape index (κ2) is 5.95. The van der Waals surface area contributed by atoms with Gasteiger partial charge in [0.15, 0.2) is 11.7 Å². The molecule has 3 rings (SSSR count). The molecule has 0 radical (unpaired) electrons. The molecule has 1 aliphatic heterocycles. The van der Waals surface area contributed by atoms with Crippen molar-refractivity contribution in [2.24, 2.45) is 4.99 Å². The van der Waals surface area contributed by atoms with E-state index in [1.165, 1.54) is 12.8 Å². The first-order valence-electron chi connectivity index (χ1n) is 7.22. The molecule has 2 aromatic rings. The van der Waals surface area contributed by atoms with Crippen LogP contribution in [0.3, 0.4) is 0 Å². The summed E-state index contributed by atoms with van der Waals surface area (Å²) in [4.78, 5) is 18.0. The summed E-state index contributed by atoms with van der Waals surface area (Å²) in [6.07, 6.45) is 4.14. The number of carbonyl (C=O) groups excluding carboxylic acids is 1. The summed E-state index contributed by atoms with van der Waals surface area (Å²) in [5, 5.41) is 0. The Bertz CT molecular complexity index is 667. The first-order chi connectivity index (χ1) is 10.2. The first kappa shape index (κ1) is 13.6. The number of rotatable bonds is 4. The third kappa shape index (κ3) is 3.21. The first-order valence-corrected chi connectivity index (χ1v) is 7.22. The van der Waals surface area contributed by atoms with E-state index in [1.807, 2.05) is 24.3 Å². The number of aliphatic imine (C=N–C) groups is 1. The van der Waals surface area contributed by atoms with Crippen LogP contribution in [0.5, 0.6) is 0 Å². The largest absolute Gasteiger partial charge is 0.440 e. The Morgan fingerprint density at radius 3 is 2.81 bits per heavy atom. The van der Waals surface area contributed by atoms with E-state index in [0.29, 0.717) is 5.56 Å². The molecular formula is C17H18N2O2. The van der Waals surface area contributed by atoms with Crippen LogP contribution in [0, 0.1) is 0 Å². The normalized spacial score (nSPS) is 15.0. The Morgan fingerprint density at radius 2 is 2.05 bits per heavy atom. The van der Waals surface area contributed by atoms with Crippen molar-refractivity contribution in [2.75, 3.05) is 18.0 Å². The second-order valence-electron chi connectivity index (χ2n) is 5.23. The molecule has 0 amide bonds. The molecular weight excluding hydrogens is 264 g/mol. The molecule has 1 fully saturated rings. The number of anilines is 1. The van der Waals surface area contributed by atoms with Crippen LogP contribution in [0.1, 0.15) is 35.9 Å². The zero-order chi connectivity index (χ0) is 14.7. The molecule has 1 aromatic carbocycles. The van der Waals surface area contributed by atoms with E-state index in [2.05, 4.69) is 9.89 Å². The topological polar surface area (TPSA) is 45.8 Å². The van der Waals surface area contributed by atoms with Crippen LogP contribution >= 0.6 is 0 Å². The number of hydrogen-bond acceptors (Lipinski definition) is 4. The van der Waals surface area contributed by atoms with E-state index in [1.54, 1.807) is 25.3 Å². The lowest BCUT2D eigenvalue weighted by atomic mass is 10.1. The molecule has 1 saturated heterocycles. The van der Waals surface area contributed by atoms with Gasteiger partial charge in [-0.2, -0.15) is 0 Å². The minimum atomic E-state index is 0.0429. The van der Waals surface area contributed by atoms with Gasteiger partial charge >= 0.3 is 0 Å². The highest BCUT2D eigenvalue weighted by Gasteiger charge is 2.15. The van der Waals surface area contributed by atoms with Crippen molar-refractivity contribution < 1.29 is 9.21 Å². The fourth-order valence-electron chi connectivity index (χ4n) is 2.46. The quantitative estimate of drug-likeness (QED) is 0.632. The standard InChI is InChI=1S/C17H18N2O2/c1-13(20)14-5-4-6-15(11-14)18-12-16-7-8-17(21-16)19-9-2-3-10-19/h4-8,11-12H,2-3,9-10H2,1H3. The van der Waals surface area contributed by atoms with Crippen LogP contribution in [-0.4, -0.2) is 25.1 Å². The lowest BCUT2D eigenvalue weighted by molar-refractivity contribution is 0.101. The van der Waals surface area contributed by atoms with Crippen LogP contribution in [0.25, 0.3) is 0 Å². The lowest BCUT2D eigenvalue weighted by Crippen LogP contribution is -2.16. The molecule has 108 valence electrons. The van der Waals surface area contributed by atoms with Crippen LogP contribution in [0.2, 0.25) is 0 Å². The molecule has 21 heavy (non-hydrogen) atoms. The van der Waals surface area contributed by atoms with Crippen molar-refractivity contribution in [3.63, 3.8) is 0 Å². The zero-order valence-electron chi connectivity index (χ0n) is 12.1. The Hall–Kier alpha value is -2.36. The molecule has 0 bridgehead atoms. The van der Waals surface area contributed by atoms with Gasteiger partial charge in [0.05, 0.1) is 11.9 Å².